The summed E-state index contributed by atoms with van der Waals surface area (Å²) in [5, 5.41) is 2.14. The summed E-state index contributed by atoms with van der Waals surface area (Å²) in [4.78, 5) is 11.0. The lowest BCUT2D eigenvalue weighted by Gasteiger charge is -2.14. The maximum absolute atomic E-state index is 5.53. The van der Waals surface area contributed by atoms with Gasteiger partial charge in [0.05, 0.1) is 16.6 Å². The molecular weight excluding hydrogens is 811 g/mol. The molecular formula is C64H43N3. The minimum Gasteiger partial charge on any atom is -0.294 e. The lowest BCUT2D eigenvalue weighted by Crippen LogP contribution is -1.99. The summed E-state index contributed by atoms with van der Waals surface area (Å²) in [7, 11) is 0. The van der Waals surface area contributed by atoms with Gasteiger partial charge in [-0.15, -0.1) is 0 Å². The van der Waals surface area contributed by atoms with Crippen LogP contribution in [-0.4, -0.2) is 14.5 Å². The van der Waals surface area contributed by atoms with Gasteiger partial charge in [-0.05, 0) is 121 Å². The van der Waals surface area contributed by atoms with Crippen LogP contribution in [0.5, 0.6) is 0 Å². The van der Waals surface area contributed by atoms with Crippen LogP contribution in [0.3, 0.4) is 0 Å². The summed E-state index contributed by atoms with van der Waals surface area (Å²) in [6, 6.07) is 93.1. The van der Waals surface area contributed by atoms with Crippen LogP contribution in [0.2, 0.25) is 0 Å². The van der Waals surface area contributed by atoms with Crippen molar-refractivity contribution in [3.05, 3.63) is 261 Å². The highest BCUT2D eigenvalue weighted by Gasteiger charge is 2.21. The lowest BCUT2D eigenvalue weighted by molar-refractivity contribution is 1.11. The van der Waals surface area contributed by atoms with Gasteiger partial charge in [-0.2, -0.15) is 0 Å². The van der Waals surface area contributed by atoms with E-state index in [0.717, 1.165) is 83.4 Å². The number of hydrogen-bond donors (Lipinski definition) is 0. The summed E-state index contributed by atoms with van der Waals surface area (Å²) in [6.07, 6.45) is 0. The highest BCUT2D eigenvalue weighted by molar-refractivity contribution is 6.14. The van der Waals surface area contributed by atoms with Crippen molar-refractivity contribution in [1.29, 1.82) is 0 Å². The Bertz CT molecular complexity index is 3710. The molecule has 0 saturated carbocycles. The molecule has 0 atom stereocenters. The van der Waals surface area contributed by atoms with Crippen molar-refractivity contribution in [2.45, 2.75) is 0 Å². The Balaban J connectivity index is 1.01. The van der Waals surface area contributed by atoms with Gasteiger partial charge in [0, 0.05) is 22.2 Å². The van der Waals surface area contributed by atoms with Gasteiger partial charge in [0.15, 0.2) is 5.82 Å². The average molecular weight is 854 g/mol. The van der Waals surface area contributed by atoms with Crippen LogP contribution in [0.15, 0.2) is 261 Å². The summed E-state index contributed by atoms with van der Waals surface area (Å²) in [6.45, 7) is 0. The molecule has 12 aromatic rings. The molecule has 0 unspecified atom stereocenters. The van der Waals surface area contributed by atoms with Crippen LogP contribution in [0, 0.1) is 0 Å². The van der Waals surface area contributed by atoms with Crippen LogP contribution in [-0.2, 0) is 0 Å². The van der Waals surface area contributed by atoms with Crippen molar-refractivity contribution in [3.8, 4) is 95.1 Å². The molecule has 0 aliphatic carbocycles. The Hall–Kier alpha value is -8.92. The van der Waals surface area contributed by atoms with Crippen molar-refractivity contribution >= 4 is 21.9 Å². The Morgan fingerprint density at radius 1 is 0.254 bits per heavy atom. The average Bonchev–Trinajstić information content (AvgIpc) is 3.76. The Morgan fingerprint density at radius 2 is 0.612 bits per heavy atom. The second kappa shape index (κ2) is 17.2. The molecule has 0 radical (unpaired) electrons. The van der Waals surface area contributed by atoms with Gasteiger partial charge in [0.1, 0.15) is 5.65 Å². The lowest BCUT2D eigenvalue weighted by atomic mass is 9.91. The zero-order valence-electron chi connectivity index (χ0n) is 36.7. The van der Waals surface area contributed by atoms with E-state index in [0.29, 0.717) is 5.82 Å². The van der Waals surface area contributed by atoms with Gasteiger partial charge >= 0.3 is 0 Å². The zero-order valence-corrected chi connectivity index (χ0v) is 36.7. The summed E-state index contributed by atoms with van der Waals surface area (Å²) in [5.74, 6) is 0.667. The number of nitrogens with zero attached hydrogens (tertiary/aromatic N) is 3. The van der Waals surface area contributed by atoms with Crippen LogP contribution in [0.1, 0.15) is 0 Å². The number of hydrogen-bond acceptors (Lipinski definition) is 2. The van der Waals surface area contributed by atoms with Crippen molar-refractivity contribution in [3.63, 3.8) is 0 Å². The minimum atomic E-state index is 0.667. The number of benzene rings is 10. The first kappa shape index (κ1) is 39.7. The van der Waals surface area contributed by atoms with Crippen LogP contribution in [0.4, 0.5) is 0 Å². The number of fused-ring (bicyclic) bond motifs is 3. The third kappa shape index (κ3) is 7.69. The molecule has 3 heteroatoms. The SMILES string of the molecule is c1ccc(-c2ccc(-c3cccc(-c4cc(-c5ccccc5)cc(-c5cccc(-c6nc(-c7cccc(-c8ccccc8)c7)c7c8ccccc8n(-c8ccccc8)c7n6)c5)c4)c3)cc2)cc1. The van der Waals surface area contributed by atoms with E-state index in [-0.39, 0.29) is 0 Å². The third-order valence-corrected chi connectivity index (χ3v) is 12.8. The molecule has 0 aliphatic heterocycles. The van der Waals surface area contributed by atoms with Gasteiger partial charge in [0.25, 0.3) is 0 Å². The van der Waals surface area contributed by atoms with Gasteiger partial charge in [-0.3, -0.25) is 4.57 Å². The highest BCUT2D eigenvalue weighted by atomic mass is 15.1. The number of para-hydroxylation sites is 2. The number of aromatic nitrogens is 3. The maximum atomic E-state index is 5.53. The monoisotopic (exact) mass is 853 g/mol. The fraction of sp³-hybridized carbons (Fsp3) is 0. The fourth-order valence-electron chi connectivity index (χ4n) is 9.47. The summed E-state index contributed by atoms with van der Waals surface area (Å²) in [5.41, 5.74) is 19.8. The predicted molar refractivity (Wildman–Crippen MR) is 280 cm³/mol. The molecule has 0 fully saturated rings. The second-order valence-electron chi connectivity index (χ2n) is 17.0. The van der Waals surface area contributed by atoms with E-state index >= 15 is 0 Å². The number of rotatable bonds is 9. The third-order valence-electron chi connectivity index (χ3n) is 12.8. The first-order valence-corrected chi connectivity index (χ1v) is 22.8. The van der Waals surface area contributed by atoms with Crippen molar-refractivity contribution in [2.24, 2.45) is 0 Å². The van der Waals surface area contributed by atoms with Crippen LogP contribution >= 0.6 is 0 Å². The standard InChI is InChI=1S/C64H43N3/c1-5-18-44(19-6-1)47-34-36-48(37-35-47)49-24-15-26-51(38-49)56-41-55(46-22-9-3-10-23-46)42-57(43-56)52-27-17-29-54(40-52)63-65-62(53-28-16-25-50(39-53)45-20-7-2-8-21-45)61-59-32-13-14-33-60(59)67(64(61)66-63)58-30-11-4-12-31-58/h1-43H. The molecule has 2 heterocycles. The van der Waals surface area contributed by atoms with E-state index in [9.17, 15) is 0 Å². The van der Waals surface area contributed by atoms with Crippen molar-refractivity contribution in [2.75, 3.05) is 0 Å². The fourth-order valence-corrected chi connectivity index (χ4v) is 9.47. The molecule has 67 heavy (non-hydrogen) atoms. The van der Waals surface area contributed by atoms with E-state index < -0.39 is 0 Å². The maximum Gasteiger partial charge on any atom is 0.162 e. The largest absolute Gasteiger partial charge is 0.294 e. The molecule has 0 N–H and O–H groups in total. The Kier molecular flexibility index (Phi) is 10.2. The molecule has 314 valence electrons. The van der Waals surface area contributed by atoms with Crippen LogP contribution < -0.4 is 0 Å². The second-order valence-corrected chi connectivity index (χ2v) is 17.0. The smallest absolute Gasteiger partial charge is 0.162 e. The predicted octanol–water partition coefficient (Wildman–Crippen LogP) is 16.9. The molecule has 2 aromatic heterocycles. The Labute approximate surface area is 390 Å². The van der Waals surface area contributed by atoms with Gasteiger partial charge in [0.2, 0.25) is 0 Å². The molecule has 10 aromatic carbocycles. The first-order chi connectivity index (χ1) is 33.2. The molecule has 0 aliphatic rings. The first-order valence-electron chi connectivity index (χ1n) is 22.8. The van der Waals surface area contributed by atoms with Crippen LogP contribution in [0.25, 0.3) is 117 Å². The molecule has 0 saturated heterocycles. The zero-order chi connectivity index (χ0) is 44.5. The van der Waals surface area contributed by atoms with Crippen molar-refractivity contribution in [1.82, 2.24) is 14.5 Å². The quantitative estimate of drug-likeness (QED) is 0.145. The molecule has 12 rings (SSSR count). The molecule has 0 amide bonds. The molecule has 0 bridgehead atoms. The topological polar surface area (TPSA) is 30.7 Å². The van der Waals surface area contributed by atoms with E-state index in [2.05, 4.69) is 265 Å². The van der Waals surface area contributed by atoms with E-state index in [1.807, 2.05) is 0 Å². The summed E-state index contributed by atoms with van der Waals surface area (Å²) < 4.78 is 2.28. The normalized spacial score (nSPS) is 11.3. The van der Waals surface area contributed by atoms with Crippen molar-refractivity contribution < 1.29 is 0 Å². The summed E-state index contributed by atoms with van der Waals surface area (Å²) >= 11 is 0. The molecule has 0 spiro atoms. The van der Waals surface area contributed by atoms with Gasteiger partial charge in [-0.25, -0.2) is 9.97 Å². The van der Waals surface area contributed by atoms with E-state index in [1.165, 1.54) is 27.8 Å². The molecule has 3 nitrogen and oxygen atoms in total. The van der Waals surface area contributed by atoms with Gasteiger partial charge in [-0.1, -0.05) is 206 Å². The Morgan fingerprint density at radius 3 is 1.19 bits per heavy atom. The van der Waals surface area contributed by atoms with Gasteiger partial charge < -0.3 is 0 Å². The van der Waals surface area contributed by atoms with E-state index in [1.54, 1.807) is 0 Å². The highest BCUT2D eigenvalue weighted by Crippen LogP contribution is 2.41. The minimum absolute atomic E-state index is 0.667. The van der Waals surface area contributed by atoms with E-state index in [4.69, 9.17) is 9.97 Å².